The lowest BCUT2D eigenvalue weighted by Crippen LogP contribution is -2.41. The standard InChI is InChI=1S/C20H27F4NO2/c1-19(2,3)27-18(26)25-9-7-14(8-10-25)5-4-6-15-11-16(20(22,23)24)13-17(21)12-15/h11-14H,4-10H2,1-3H3. The molecule has 7 heteroatoms. The number of amides is 1. The second kappa shape index (κ2) is 8.48. The van der Waals surface area contributed by atoms with E-state index in [0.29, 0.717) is 43.5 Å². The van der Waals surface area contributed by atoms with Crippen LogP contribution in [0.5, 0.6) is 0 Å². The van der Waals surface area contributed by atoms with Crippen LogP contribution in [0.1, 0.15) is 57.6 Å². The zero-order valence-electron chi connectivity index (χ0n) is 16.0. The molecule has 1 saturated heterocycles. The minimum absolute atomic E-state index is 0.305. The third-order valence-corrected chi connectivity index (χ3v) is 4.63. The number of benzene rings is 1. The number of piperidine rings is 1. The van der Waals surface area contributed by atoms with Crippen LogP contribution < -0.4 is 0 Å². The third kappa shape index (κ3) is 7.03. The lowest BCUT2D eigenvalue weighted by Gasteiger charge is -2.33. The van der Waals surface area contributed by atoms with Crippen molar-refractivity contribution in [3.63, 3.8) is 0 Å². The molecule has 1 aliphatic rings. The maximum atomic E-state index is 13.4. The highest BCUT2D eigenvalue weighted by atomic mass is 19.4. The van der Waals surface area contributed by atoms with Crippen LogP contribution in [-0.4, -0.2) is 29.7 Å². The summed E-state index contributed by atoms with van der Waals surface area (Å²) >= 11 is 0. The van der Waals surface area contributed by atoms with E-state index in [9.17, 15) is 22.4 Å². The van der Waals surface area contributed by atoms with Gasteiger partial charge in [-0.1, -0.05) is 0 Å². The van der Waals surface area contributed by atoms with Gasteiger partial charge in [0.15, 0.2) is 0 Å². The molecule has 0 unspecified atom stereocenters. The van der Waals surface area contributed by atoms with Gasteiger partial charge in [0.25, 0.3) is 0 Å². The Morgan fingerprint density at radius 3 is 2.33 bits per heavy atom. The van der Waals surface area contributed by atoms with E-state index in [1.54, 1.807) is 4.90 Å². The van der Waals surface area contributed by atoms with Crippen LogP contribution in [0.15, 0.2) is 18.2 Å². The third-order valence-electron chi connectivity index (χ3n) is 4.63. The Labute approximate surface area is 157 Å². The number of ether oxygens (including phenoxy) is 1. The highest BCUT2D eigenvalue weighted by Gasteiger charge is 2.31. The molecule has 0 aromatic heterocycles. The Kier molecular flexibility index (Phi) is 6.76. The van der Waals surface area contributed by atoms with Crippen molar-refractivity contribution in [2.45, 2.75) is 64.7 Å². The zero-order valence-corrected chi connectivity index (χ0v) is 16.0. The molecule has 1 aromatic rings. The lowest BCUT2D eigenvalue weighted by atomic mass is 9.90. The van der Waals surface area contributed by atoms with E-state index in [1.165, 1.54) is 6.07 Å². The maximum Gasteiger partial charge on any atom is 0.416 e. The number of hydrogen-bond acceptors (Lipinski definition) is 2. The molecule has 1 aromatic carbocycles. The molecule has 2 rings (SSSR count). The van der Waals surface area contributed by atoms with E-state index in [1.807, 2.05) is 20.8 Å². The molecule has 1 aliphatic heterocycles. The van der Waals surface area contributed by atoms with Crippen LogP contribution in [0.25, 0.3) is 0 Å². The zero-order chi connectivity index (χ0) is 20.2. The molecule has 0 radical (unpaired) electrons. The summed E-state index contributed by atoms with van der Waals surface area (Å²) in [6, 6.07) is 2.71. The van der Waals surface area contributed by atoms with Gasteiger partial charge in [0.1, 0.15) is 11.4 Å². The monoisotopic (exact) mass is 389 g/mol. The average Bonchev–Trinajstić information content (AvgIpc) is 2.52. The minimum atomic E-state index is -4.54. The Bertz CT molecular complexity index is 644. The average molecular weight is 389 g/mol. The fourth-order valence-electron chi connectivity index (χ4n) is 3.28. The van der Waals surface area contributed by atoms with Gasteiger partial charge in [-0.25, -0.2) is 9.18 Å². The van der Waals surface area contributed by atoms with Crippen molar-refractivity contribution in [3.8, 4) is 0 Å². The van der Waals surface area contributed by atoms with E-state index in [0.717, 1.165) is 25.3 Å². The number of alkyl halides is 3. The van der Waals surface area contributed by atoms with Crippen molar-refractivity contribution in [2.75, 3.05) is 13.1 Å². The Morgan fingerprint density at radius 1 is 1.15 bits per heavy atom. The van der Waals surface area contributed by atoms with Gasteiger partial charge in [0.2, 0.25) is 0 Å². The number of halogens is 4. The predicted octanol–water partition coefficient (Wildman–Crippen LogP) is 5.81. The number of aryl methyl sites for hydroxylation is 1. The molecule has 0 aliphatic carbocycles. The molecule has 3 nitrogen and oxygen atoms in total. The number of rotatable bonds is 4. The summed E-state index contributed by atoms with van der Waals surface area (Å²) in [5, 5.41) is 0. The molecular formula is C20H27F4NO2. The molecule has 1 fully saturated rings. The largest absolute Gasteiger partial charge is 0.444 e. The van der Waals surface area contributed by atoms with Crippen molar-refractivity contribution in [1.29, 1.82) is 0 Å². The van der Waals surface area contributed by atoms with Gasteiger partial charge in [0, 0.05) is 13.1 Å². The molecule has 0 bridgehead atoms. The quantitative estimate of drug-likeness (QED) is 0.608. The molecule has 0 spiro atoms. The molecular weight excluding hydrogens is 362 g/mol. The van der Waals surface area contributed by atoms with E-state index >= 15 is 0 Å². The first kappa shape index (κ1) is 21.5. The summed E-state index contributed by atoms with van der Waals surface area (Å²) < 4.78 is 57.1. The smallest absolute Gasteiger partial charge is 0.416 e. The number of hydrogen-bond donors (Lipinski definition) is 0. The first-order valence-electron chi connectivity index (χ1n) is 9.28. The Hall–Kier alpha value is -1.79. The topological polar surface area (TPSA) is 29.5 Å². The Morgan fingerprint density at radius 2 is 1.78 bits per heavy atom. The SMILES string of the molecule is CC(C)(C)OC(=O)N1CCC(CCCc2cc(F)cc(C(F)(F)F)c2)CC1. The Balaban J connectivity index is 1.78. The fourth-order valence-corrected chi connectivity index (χ4v) is 3.28. The van der Waals surface area contributed by atoms with Gasteiger partial charge in [-0.15, -0.1) is 0 Å². The van der Waals surface area contributed by atoms with Crippen molar-refractivity contribution in [1.82, 2.24) is 4.90 Å². The summed E-state index contributed by atoms with van der Waals surface area (Å²) in [5.74, 6) is -0.440. The van der Waals surface area contributed by atoms with Crippen LogP contribution in [-0.2, 0) is 17.3 Å². The molecule has 0 saturated carbocycles. The van der Waals surface area contributed by atoms with Crippen LogP contribution in [0.3, 0.4) is 0 Å². The summed E-state index contributed by atoms with van der Waals surface area (Å²) in [5.41, 5.74) is -1.09. The lowest BCUT2D eigenvalue weighted by molar-refractivity contribution is -0.137. The maximum absolute atomic E-state index is 13.4. The first-order chi connectivity index (χ1) is 12.4. The summed E-state index contributed by atoms with van der Waals surface area (Å²) in [6.45, 7) is 6.73. The van der Waals surface area contributed by atoms with E-state index in [-0.39, 0.29) is 6.09 Å². The molecule has 0 N–H and O–H groups in total. The number of carbonyl (C=O) groups excluding carboxylic acids is 1. The highest BCUT2D eigenvalue weighted by molar-refractivity contribution is 5.68. The number of likely N-dealkylation sites (tertiary alicyclic amines) is 1. The van der Waals surface area contributed by atoms with Gasteiger partial charge in [-0.3, -0.25) is 0 Å². The number of carbonyl (C=O) groups is 1. The minimum Gasteiger partial charge on any atom is -0.444 e. The fraction of sp³-hybridized carbons (Fsp3) is 0.650. The van der Waals surface area contributed by atoms with E-state index in [4.69, 9.17) is 4.74 Å². The van der Waals surface area contributed by atoms with Gasteiger partial charge in [0.05, 0.1) is 5.56 Å². The molecule has 152 valence electrons. The molecule has 27 heavy (non-hydrogen) atoms. The van der Waals surface area contributed by atoms with Crippen molar-refractivity contribution < 1.29 is 27.1 Å². The second-order valence-electron chi connectivity index (χ2n) is 8.15. The van der Waals surface area contributed by atoms with Crippen molar-refractivity contribution >= 4 is 6.09 Å². The normalized spacial score (nSPS) is 16.5. The van der Waals surface area contributed by atoms with Gasteiger partial charge in [-0.2, -0.15) is 13.2 Å². The summed E-state index contributed by atoms with van der Waals surface area (Å²) in [6.07, 6.45) is -1.21. The first-order valence-corrected chi connectivity index (χ1v) is 9.28. The molecule has 0 atom stereocenters. The molecule has 1 heterocycles. The van der Waals surface area contributed by atoms with Crippen molar-refractivity contribution in [3.05, 3.63) is 35.1 Å². The van der Waals surface area contributed by atoms with Crippen LogP contribution >= 0.6 is 0 Å². The summed E-state index contributed by atoms with van der Waals surface area (Å²) in [7, 11) is 0. The second-order valence-corrected chi connectivity index (χ2v) is 8.15. The van der Waals surface area contributed by atoms with Gasteiger partial charge >= 0.3 is 12.3 Å². The highest BCUT2D eigenvalue weighted by Crippen LogP contribution is 2.31. The predicted molar refractivity (Wildman–Crippen MR) is 94.9 cm³/mol. The van der Waals surface area contributed by atoms with Gasteiger partial charge < -0.3 is 9.64 Å². The van der Waals surface area contributed by atoms with Crippen LogP contribution in [0.4, 0.5) is 22.4 Å². The van der Waals surface area contributed by atoms with Gasteiger partial charge in [-0.05, 0) is 82.6 Å². The van der Waals surface area contributed by atoms with E-state index < -0.39 is 23.2 Å². The number of nitrogens with zero attached hydrogens (tertiary/aromatic N) is 1. The van der Waals surface area contributed by atoms with Crippen LogP contribution in [0.2, 0.25) is 0 Å². The summed E-state index contributed by atoms with van der Waals surface area (Å²) in [4.78, 5) is 13.7. The van der Waals surface area contributed by atoms with Crippen LogP contribution in [0, 0.1) is 11.7 Å². The van der Waals surface area contributed by atoms with Crippen molar-refractivity contribution in [2.24, 2.45) is 5.92 Å². The molecule has 1 amide bonds. The van der Waals surface area contributed by atoms with E-state index in [2.05, 4.69) is 0 Å².